The molecule has 3 heteroatoms. The SMILES string of the molecule is CCCN1CCCc2cc(C=CC(=O)O)ccc21. The van der Waals surface area contributed by atoms with Crippen LogP contribution in [0.15, 0.2) is 24.3 Å². The molecule has 1 heterocycles. The summed E-state index contributed by atoms with van der Waals surface area (Å²) in [4.78, 5) is 12.9. The topological polar surface area (TPSA) is 40.5 Å². The number of carbonyl (C=O) groups is 1. The number of anilines is 1. The Hall–Kier alpha value is -1.77. The molecule has 0 aromatic heterocycles. The van der Waals surface area contributed by atoms with Crippen molar-refractivity contribution in [2.75, 3.05) is 18.0 Å². The van der Waals surface area contributed by atoms with E-state index in [1.165, 1.54) is 23.7 Å². The first-order valence-electron chi connectivity index (χ1n) is 6.49. The maximum Gasteiger partial charge on any atom is 0.328 e. The first-order valence-corrected chi connectivity index (χ1v) is 6.49. The van der Waals surface area contributed by atoms with Gasteiger partial charge in [-0.2, -0.15) is 0 Å². The molecular formula is C15H19NO2. The van der Waals surface area contributed by atoms with E-state index in [9.17, 15) is 4.79 Å². The molecule has 18 heavy (non-hydrogen) atoms. The number of fused-ring (bicyclic) bond motifs is 1. The van der Waals surface area contributed by atoms with Gasteiger partial charge >= 0.3 is 5.97 Å². The lowest BCUT2D eigenvalue weighted by molar-refractivity contribution is -0.131. The van der Waals surface area contributed by atoms with E-state index in [4.69, 9.17) is 5.11 Å². The van der Waals surface area contributed by atoms with Crippen molar-refractivity contribution in [2.24, 2.45) is 0 Å². The average Bonchev–Trinajstić information content (AvgIpc) is 2.37. The fourth-order valence-electron chi connectivity index (χ4n) is 2.47. The summed E-state index contributed by atoms with van der Waals surface area (Å²) < 4.78 is 0. The Kier molecular flexibility index (Phi) is 4.03. The van der Waals surface area contributed by atoms with E-state index >= 15 is 0 Å². The normalized spacial score (nSPS) is 14.8. The van der Waals surface area contributed by atoms with Crippen LogP contribution in [0.4, 0.5) is 5.69 Å². The molecule has 0 saturated heterocycles. The summed E-state index contributed by atoms with van der Waals surface area (Å²) in [6.07, 6.45) is 6.26. The molecule has 0 unspecified atom stereocenters. The Morgan fingerprint density at radius 3 is 3.06 bits per heavy atom. The second-order valence-electron chi connectivity index (χ2n) is 4.65. The fraction of sp³-hybridized carbons (Fsp3) is 0.400. The molecule has 1 aromatic carbocycles. The van der Waals surface area contributed by atoms with Crippen molar-refractivity contribution in [1.29, 1.82) is 0 Å². The van der Waals surface area contributed by atoms with E-state index in [1.807, 2.05) is 6.07 Å². The van der Waals surface area contributed by atoms with E-state index in [0.29, 0.717) is 0 Å². The van der Waals surface area contributed by atoms with Crippen LogP contribution in [-0.4, -0.2) is 24.2 Å². The van der Waals surface area contributed by atoms with Crippen molar-refractivity contribution in [3.8, 4) is 0 Å². The first kappa shape index (κ1) is 12.7. The summed E-state index contributed by atoms with van der Waals surface area (Å²) in [5.41, 5.74) is 3.62. The predicted molar refractivity (Wildman–Crippen MR) is 73.9 cm³/mol. The molecular weight excluding hydrogens is 226 g/mol. The van der Waals surface area contributed by atoms with Crippen LogP contribution in [0.25, 0.3) is 6.08 Å². The van der Waals surface area contributed by atoms with Crippen LogP contribution < -0.4 is 4.90 Å². The van der Waals surface area contributed by atoms with E-state index in [1.54, 1.807) is 6.08 Å². The zero-order valence-electron chi connectivity index (χ0n) is 10.7. The summed E-state index contributed by atoms with van der Waals surface area (Å²) in [6, 6.07) is 6.22. The van der Waals surface area contributed by atoms with Gasteiger partial charge in [0.1, 0.15) is 0 Å². The van der Waals surface area contributed by atoms with Gasteiger partial charge in [0, 0.05) is 24.9 Å². The van der Waals surface area contributed by atoms with Crippen LogP contribution in [0, 0.1) is 0 Å². The molecule has 1 aliphatic heterocycles. The molecule has 2 rings (SSSR count). The van der Waals surface area contributed by atoms with Crippen LogP contribution in [0.3, 0.4) is 0 Å². The highest BCUT2D eigenvalue weighted by Gasteiger charge is 2.15. The summed E-state index contributed by atoms with van der Waals surface area (Å²) in [7, 11) is 0. The molecule has 0 saturated carbocycles. The lowest BCUT2D eigenvalue weighted by Crippen LogP contribution is -2.29. The van der Waals surface area contributed by atoms with E-state index < -0.39 is 5.97 Å². The molecule has 1 N–H and O–H groups in total. The average molecular weight is 245 g/mol. The van der Waals surface area contributed by atoms with Crippen molar-refractivity contribution < 1.29 is 9.90 Å². The van der Waals surface area contributed by atoms with E-state index in [0.717, 1.165) is 31.5 Å². The van der Waals surface area contributed by atoms with Crippen molar-refractivity contribution in [3.63, 3.8) is 0 Å². The molecule has 3 nitrogen and oxygen atoms in total. The maximum absolute atomic E-state index is 10.5. The molecule has 0 radical (unpaired) electrons. The molecule has 96 valence electrons. The highest BCUT2D eigenvalue weighted by Crippen LogP contribution is 2.28. The lowest BCUT2D eigenvalue weighted by Gasteiger charge is -2.31. The lowest BCUT2D eigenvalue weighted by atomic mass is 9.99. The minimum absolute atomic E-state index is 0.902. The monoisotopic (exact) mass is 245 g/mol. The Balaban J connectivity index is 2.23. The van der Waals surface area contributed by atoms with Crippen LogP contribution in [0.5, 0.6) is 0 Å². The molecule has 0 atom stereocenters. The number of hydrogen-bond acceptors (Lipinski definition) is 2. The third-order valence-electron chi connectivity index (χ3n) is 3.23. The van der Waals surface area contributed by atoms with Gasteiger partial charge in [-0.25, -0.2) is 4.79 Å². The minimum atomic E-state index is -0.902. The molecule has 1 aromatic rings. The number of carboxylic acids is 1. The van der Waals surface area contributed by atoms with E-state index in [2.05, 4.69) is 24.0 Å². The molecule has 0 spiro atoms. The van der Waals surface area contributed by atoms with Gasteiger partial charge in [0.15, 0.2) is 0 Å². The van der Waals surface area contributed by atoms with Crippen LogP contribution in [0.2, 0.25) is 0 Å². The number of carboxylic acid groups (broad SMARTS) is 1. The standard InChI is InChI=1S/C15H19NO2/c1-2-9-16-10-3-4-13-11-12(5-7-14(13)16)6-8-15(17)18/h5-8,11H,2-4,9-10H2,1H3,(H,17,18). The van der Waals surface area contributed by atoms with Crippen molar-refractivity contribution in [2.45, 2.75) is 26.2 Å². The van der Waals surface area contributed by atoms with Gasteiger partial charge in [-0.3, -0.25) is 0 Å². The Labute approximate surface area is 108 Å². The Morgan fingerprint density at radius 1 is 1.50 bits per heavy atom. The third-order valence-corrected chi connectivity index (χ3v) is 3.23. The molecule has 1 aliphatic rings. The molecule has 0 amide bonds. The zero-order valence-corrected chi connectivity index (χ0v) is 10.7. The molecule has 0 bridgehead atoms. The first-order chi connectivity index (χ1) is 8.70. The fourth-order valence-corrected chi connectivity index (χ4v) is 2.47. The zero-order chi connectivity index (χ0) is 13.0. The summed E-state index contributed by atoms with van der Waals surface area (Å²) in [5.74, 6) is -0.902. The molecule has 0 aliphatic carbocycles. The quantitative estimate of drug-likeness (QED) is 0.829. The van der Waals surface area contributed by atoms with Gasteiger partial charge in [-0.1, -0.05) is 13.0 Å². The number of hydrogen-bond donors (Lipinski definition) is 1. The number of aliphatic carboxylic acids is 1. The Bertz CT molecular complexity index is 466. The van der Waals surface area contributed by atoms with Gasteiger partial charge in [-0.05, 0) is 48.6 Å². The minimum Gasteiger partial charge on any atom is -0.478 e. The highest BCUT2D eigenvalue weighted by molar-refractivity contribution is 5.85. The van der Waals surface area contributed by atoms with Gasteiger partial charge in [0.25, 0.3) is 0 Å². The van der Waals surface area contributed by atoms with Gasteiger partial charge in [0.2, 0.25) is 0 Å². The van der Waals surface area contributed by atoms with Gasteiger partial charge in [-0.15, -0.1) is 0 Å². The number of aryl methyl sites for hydroxylation is 1. The van der Waals surface area contributed by atoms with Gasteiger partial charge in [0.05, 0.1) is 0 Å². The predicted octanol–water partition coefficient (Wildman–Crippen LogP) is 2.95. The summed E-state index contributed by atoms with van der Waals surface area (Å²) >= 11 is 0. The highest BCUT2D eigenvalue weighted by atomic mass is 16.4. The second kappa shape index (κ2) is 5.71. The second-order valence-corrected chi connectivity index (χ2v) is 4.65. The third kappa shape index (κ3) is 2.92. The van der Waals surface area contributed by atoms with Crippen LogP contribution >= 0.6 is 0 Å². The largest absolute Gasteiger partial charge is 0.478 e. The number of benzene rings is 1. The van der Waals surface area contributed by atoms with Crippen molar-refractivity contribution >= 4 is 17.7 Å². The van der Waals surface area contributed by atoms with Crippen molar-refractivity contribution in [1.82, 2.24) is 0 Å². The Morgan fingerprint density at radius 2 is 2.33 bits per heavy atom. The smallest absolute Gasteiger partial charge is 0.328 e. The number of nitrogens with zero attached hydrogens (tertiary/aromatic N) is 1. The molecule has 0 fully saturated rings. The van der Waals surface area contributed by atoms with Crippen molar-refractivity contribution in [3.05, 3.63) is 35.4 Å². The van der Waals surface area contributed by atoms with E-state index in [-0.39, 0.29) is 0 Å². The number of rotatable bonds is 4. The maximum atomic E-state index is 10.5. The summed E-state index contributed by atoms with van der Waals surface area (Å²) in [6.45, 7) is 4.42. The van der Waals surface area contributed by atoms with Crippen LogP contribution in [0.1, 0.15) is 30.9 Å². The van der Waals surface area contributed by atoms with Gasteiger partial charge < -0.3 is 10.0 Å². The summed E-state index contributed by atoms with van der Waals surface area (Å²) in [5, 5.41) is 8.63. The van der Waals surface area contributed by atoms with Crippen LogP contribution in [-0.2, 0) is 11.2 Å².